The Morgan fingerprint density at radius 2 is 1.71 bits per heavy atom. The number of ether oxygens (including phenoxy) is 1. The van der Waals surface area contributed by atoms with E-state index in [1.165, 1.54) is 4.31 Å². The summed E-state index contributed by atoms with van der Waals surface area (Å²) in [4.78, 5) is 14.3. The van der Waals surface area contributed by atoms with Crippen molar-refractivity contribution in [2.75, 3.05) is 26.2 Å². The Bertz CT molecular complexity index is 1020. The van der Waals surface area contributed by atoms with Crippen LogP contribution in [0.1, 0.15) is 29.9 Å². The van der Waals surface area contributed by atoms with Gasteiger partial charge in [-0.2, -0.15) is 4.31 Å². The maximum absolute atomic E-state index is 12.9. The summed E-state index contributed by atoms with van der Waals surface area (Å²) in [6.07, 6.45) is -4.86. The summed E-state index contributed by atoms with van der Waals surface area (Å²) in [5, 5.41) is 3.86. The first-order chi connectivity index (χ1) is 14.4. The molecule has 170 valence electrons. The van der Waals surface area contributed by atoms with Crippen LogP contribution in [0.15, 0.2) is 33.7 Å². The molecule has 0 aliphatic carbocycles. The molecular formula is C19H22F3N3O5S. The first-order valence-electron chi connectivity index (χ1n) is 9.47. The number of benzene rings is 1. The number of piperazine rings is 1. The quantitative estimate of drug-likeness (QED) is 0.680. The predicted octanol–water partition coefficient (Wildman–Crippen LogP) is 2.83. The maximum atomic E-state index is 12.9. The van der Waals surface area contributed by atoms with E-state index in [1.54, 1.807) is 25.7 Å². The number of aromatic nitrogens is 1. The van der Waals surface area contributed by atoms with Gasteiger partial charge in [0.1, 0.15) is 11.5 Å². The number of carbonyl (C=O) groups excluding carboxylic acids is 1. The number of hydrogen-bond donors (Lipinski definition) is 0. The lowest BCUT2D eigenvalue weighted by molar-refractivity contribution is -0.274. The number of halogens is 3. The fourth-order valence-electron chi connectivity index (χ4n) is 3.62. The molecule has 0 saturated carbocycles. The van der Waals surface area contributed by atoms with Crippen LogP contribution in [0.3, 0.4) is 0 Å². The van der Waals surface area contributed by atoms with Crippen molar-refractivity contribution in [2.24, 2.45) is 0 Å². The summed E-state index contributed by atoms with van der Waals surface area (Å²) in [5.41, 5.74) is 1.36. The van der Waals surface area contributed by atoms with E-state index in [-0.39, 0.29) is 37.0 Å². The molecule has 0 N–H and O–H groups in total. The minimum absolute atomic E-state index is 0.0726. The summed E-state index contributed by atoms with van der Waals surface area (Å²) in [7, 11) is -3.91. The normalized spacial score (nSPS) is 16.9. The average molecular weight is 461 g/mol. The summed E-state index contributed by atoms with van der Waals surface area (Å²) >= 11 is 0. The predicted molar refractivity (Wildman–Crippen MR) is 103 cm³/mol. The highest BCUT2D eigenvalue weighted by atomic mass is 32.2. The minimum Gasteiger partial charge on any atom is -0.406 e. The summed E-state index contributed by atoms with van der Waals surface area (Å²) < 4.78 is 72.5. The van der Waals surface area contributed by atoms with Gasteiger partial charge in [0, 0.05) is 31.7 Å². The Labute approximate surface area is 177 Å². The molecule has 1 aromatic carbocycles. The molecule has 2 aromatic rings. The standard InChI is InChI=1S/C19H22F3N3O5S/c1-12(17-13(2)23-30-14(17)3)18(26)24-8-10-25(11-9-24)31(27,28)16-6-4-15(5-7-16)29-19(20,21)22/h4-7,12H,8-11H2,1-3H3. The van der Waals surface area contributed by atoms with Gasteiger partial charge in [-0.3, -0.25) is 4.79 Å². The Morgan fingerprint density at radius 1 is 1.13 bits per heavy atom. The van der Waals surface area contributed by atoms with Gasteiger partial charge >= 0.3 is 6.36 Å². The van der Waals surface area contributed by atoms with Crippen LogP contribution in [0.2, 0.25) is 0 Å². The van der Waals surface area contributed by atoms with Gasteiger partial charge in [0.15, 0.2) is 0 Å². The van der Waals surface area contributed by atoms with E-state index in [0.29, 0.717) is 11.5 Å². The van der Waals surface area contributed by atoms with Crippen LogP contribution in [-0.4, -0.2) is 61.2 Å². The van der Waals surface area contributed by atoms with E-state index < -0.39 is 28.1 Å². The van der Waals surface area contributed by atoms with Gasteiger partial charge < -0.3 is 14.2 Å². The number of rotatable bonds is 5. The topological polar surface area (TPSA) is 93.0 Å². The lowest BCUT2D eigenvalue weighted by Crippen LogP contribution is -2.51. The second-order valence-corrected chi connectivity index (χ2v) is 9.15. The largest absolute Gasteiger partial charge is 0.573 e. The number of nitrogens with zero attached hydrogens (tertiary/aromatic N) is 3. The average Bonchev–Trinajstić information content (AvgIpc) is 3.04. The van der Waals surface area contributed by atoms with Gasteiger partial charge in [0.05, 0.1) is 16.5 Å². The van der Waals surface area contributed by atoms with Crippen molar-refractivity contribution in [3.8, 4) is 5.75 Å². The molecule has 8 nitrogen and oxygen atoms in total. The molecule has 2 heterocycles. The molecular weight excluding hydrogens is 439 g/mol. The smallest absolute Gasteiger partial charge is 0.406 e. The van der Waals surface area contributed by atoms with E-state index in [2.05, 4.69) is 9.89 Å². The molecule has 12 heteroatoms. The molecule has 1 atom stereocenters. The van der Waals surface area contributed by atoms with Gasteiger partial charge in [-0.1, -0.05) is 5.16 Å². The van der Waals surface area contributed by atoms with Crippen LogP contribution >= 0.6 is 0 Å². The van der Waals surface area contributed by atoms with Crippen LogP contribution < -0.4 is 4.74 Å². The van der Waals surface area contributed by atoms with Crippen LogP contribution in [0, 0.1) is 13.8 Å². The number of alkyl halides is 3. The highest BCUT2D eigenvalue weighted by Crippen LogP contribution is 2.27. The van der Waals surface area contributed by atoms with Crippen molar-refractivity contribution in [3.05, 3.63) is 41.3 Å². The molecule has 1 saturated heterocycles. The van der Waals surface area contributed by atoms with Gasteiger partial charge in [-0.05, 0) is 45.0 Å². The van der Waals surface area contributed by atoms with Gasteiger partial charge in [-0.25, -0.2) is 8.42 Å². The third kappa shape index (κ3) is 5.01. The lowest BCUT2D eigenvalue weighted by atomic mass is 9.98. The summed E-state index contributed by atoms with van der Waals surface area (Å²) in [6, 6.07) is 4.03. The van der Waals surface area contributed by atoms with Crippen molar-refractivity contribution in [1.82, 2.24) is 14.4 Å². The van der Waals surface area contributed by atoms with E-state index in [1.807, 2.05) is 0 Å². The molecule has 0 bridgehead atoms. The van der Waals surface area contributed by atoms with Gasteiger partial charge in [0.25, 0.3) is 0 Å². The van der Waals surface area contributed by atoms with Crippen molar-refractivity contribution in [3.63, 3.8) is 0 Å². The summed E-state index contributed by atoms with van der Waals surface area (Å²) in [6.45, 7) is 5.77. The zero-order valence-corrected chi connectivity index (χ0v) is 18.0. The third-order valence-corrected chi connectivity index (χ3v) is 7.05. The third-order valence-electron chi connectivity index (χ3n) is 5.14. The van der Waals surface area contributed by atoms with Gasteiger partial charge in [-0.15, -0.1) is 13.2 Å². The van der Waals surface area contributed by atoms with E-state index >= 15 is 0 Å². The van der Waals surface area contributed by atoms with E-state index in [0.717, 1.165) is 29.8 Å². The molecule has 1 aromatic heterocycles. The fraction of sp³-hybridized carbons (Fsp3) is 0.474. The Kier molecular flexibility index (Phi) is 6.33. The molecule has 0 spiro atoms. The first-order valence-corrected chi connectivity index (χ1v) is 10.9. The van der Waals surface area contributed by atoms with Crippen molar-refractivity contribution in [2.45, 2.75) is 37.9 Å². The first kappa shape index (κ1) is 23.1. The van der Waals surface area contributed by atoms with Crippen molar-refractivity contribution >= 4 is 15.9 Å². The Balaban J connectivity index is 1.65. The van der Waals surface area contributed by atoms with E-state index in [4.69, 9.17) is 4.52 Å². The zero-order valence-electron chi connectivity index (χ0n) is 17.1. The van der Waals surface area contributed by atoms with Crippen molar-refractivity contribution < 1.29 is 35.6 Å². The fourth-order valence-corrected chi connectivity index (χ4v) is 5.04. The van der Waals surface area contributed by atoms with Crippen molar-refractivity contribution in [1.29, 1.82) is 0 Å². The van der Waals surface area contributed by atoms with Crippen LogP contribution in [-0.2, 0) is 14.8 Å². The van der Waals surface area contributed by atoms with Gasteiger partial charge in [0.2, 0.25) is 15.9 Å². The minimum atomic E-state index is -4.86. The molecule has 1 unspecified atom stereocenters. The molecule has 31 heavy (non-hydrogen) atoms. The molecule has 1 fully saturated rings. The SMILES string of the molecule is Cc1noc(C)c1C(C)C(=O)N1CCN(S(=O)(=O)c2ccc(OC(F)(F)F)cc2)CC1. The Morgan fingerprint density at radius 3 is 2.19 bits per heavy atom. The highest BCUT2D eigenvalue weighted by molar-refractivity contribution is 7.89. The van der Waals surface area contributed by atoms with Crippen LogP contribution in [0.4, 0.5) is 13.2 Å². The van der Waals surface area contributed by atoms with Crippen LogP contribution in [0.25, 0.3) is 0 Å². The molecule has 0 radical (unpaired) electrons. The highest BCUT2D eigenvalue weighted by Gasteiger charge is 2.34. The molecule has 1 amide bonds. The van der Waals surface area contributed by atoms with E-state index in [9.17, 15) is 26.4 Å². The number of amides is 1. The second kappa shape index (κ2) is 8.50. The monoisotopic (exact) mass is 461 g/mol. The number of carbonyl (C=O) groups is 1. The second-order valence-electron chi connectivity index (χ2n) is 7.21. The lowest BCUT2D eigenvalue weighted by Gasteiger charge is -2.35. The molecule has 1 aliphatic heterocycles. The number of hydrogen-bond acceptors (Lipinski definition) is 6. The molecule has 1 aliphatic rings. The van der Waals surface area contributed by atoms with Crippen LogP contribution in [0.5, 0.6) is 5.75 Å². The molecule has 3 rings (SSSR count). The Hall–Kier alpha value is -2.60. The summed E-state index contributed by atoms with van der Waals surface area (Å²) in [5.74, 6) is -0.566. The number of aryl methyl sites for hydroxylation is 2. The number of sulfonamides is 1. The zero-order chi connectivity index (χ0) is 23.0. The maximum Gasteiger partial charge on any atom is 0.573 e.